The summed E-state index contributed by atoms with van der Waals surface area (Å²) in [7, 11) is -3.83. The van der Waals surface area contributed by atoms with Crippen LogP contribution in [0.5, 0.6) is 0 Å². The van der Waals surface area contributed by atoms with Crippen molar-refractivity contribution in [3.05, 3.63) is 58.7 Å². The van der Waals surface area contributed by atoms with Crippen molar-refractivity contribution in [2.75, 3.05) is 4.72 Å². The van der Waals surface area contributed by atoms with E-state index in [9.17, 15) is 13.2 Å². The van der Waals surface area contributed by atoms with E-state index in [0.717, 1.165) is 42.4 Å². The van der Waals surface area contributed by atoms with Gasteiger partial charge in [-0.15, -0.1) is 0 Å². The zero-order valence-electron chi connectivity index (χ0n) is 18.3. The summed E-state index contributed by atoms with van der Waals surface area (Å²) in [4.78, 5) is 12.9. The summed E-state index contributed by atoms with van der Waals surface area (Å²) >= 11 is 0. The topological polar surface area (TPSA) is 75.3 Å². The van der Waals surface area contributed by atoms with Gasteiger partial charge in [0.1, 0.15) is 0 Å². The SMILES string of the molecule is Cc1ccc(S(=O)(=O)Nc2c(C)cccc2C(C)C)cc1C(=O)NC1CCCCC1. The minimum atomic E-state index is -3.83. The molecule has 5 nitrogen and oxygen atoms in total. The van der Waals surface area contributed by atoms with Gasteiger partial charge in [-0.3, -0.25) is 9.52 Å². The summed E-state index contributed by atoms with van der Waals surface area (Å²) in [5, 5.41) is 3.08. The molecule has 1 amide bonds. The molecular formula is C24H32N2O3S. The van der Waals surface area contributed by atoms with E-state index in [1.807, 2.05) is 45.9 Å². The lowest BCUT2D eigenvalue weighted by molar-refractivity contribution is 0.0927. The third kappa shape index (κ3) is 5.04. The number of nitrogens with one attached hydrogen (secondary N) is 2. The van der Waals surface area contributed by atoms with Crippen molar-refractivity contribution in [3.8, 4) is 0 Å². The number of benzene rings is 2. The molecule has 1 aliphatic rings. The Bertz CT molecular complexity index is 1020. The predicted molar refractivity (Wildman–Crippen MR) is 122 cm³/mol. The third-order valence-corrected chi connectivity index (χ3v) is 7.22. The quantitative estimate of drug-likeness (QED) is 0.656. The Morgan fingerprint density at radius 1 is 1.00 bits per heavy atom. The smallest absolute Gasteiger partial charge is 0.261 e. The highest BCUT2D eigenvalue weighted by Gasteiger charge is 2.22. The number of carbonyl (C=O) groups excluding carboxylic acids is 1. The van der Waals surface area contributed by atoms with Crippen molar-refractivity contribution >= 4 is 21.6 Å². The molecule has 3 rings (SSSR count). The first-order valence-electron chi connectivity index (χ1n) is 10.7. The Morgan fingerprint density at radius 3 is 2.37 bits per heavy atom. The standard InChI is InChI=1S/C24H32N2O3S/c1-16(2)21-12-8-9-18(4)23(21)26-30(28,29)20-14-13-17(3)22(15-20)24(27)25-19-10-6-5-7-11-19/h8-9,12-16,19,26H,5-7,10-11H2,1-4H3,(H,25,27). The van der Waals surface area contributed by atoms with E-state index < -0.39 is 10.0 Å². The number of amides is 1. The summed E-state index contributed by atoms with van der Waals surface area (Å²) in [6.45, 7) is 7.79. The lowest BCUT2D eigenvalue weighted by Crippen LogP contribution is -2.36. The number of anilines is 1. The van der Waals surface area contributed by atoms with Crippen LogP contribution in [0.1, 0.15) is 78.9 Å². The predicted octanol–water partition coefficient (Wildman–Crippen LogP) is 5.29. The first-order chi connectivity index (χ1) is 14.2. The van der Waals surface area contributed by atoms with Gasteiger partial charge in [0.05, 0.1) is 10.6 Å². The first kappa shape index (κ1) is 22.3. The zero-order valence-corrected chi connectivity index (χ0v) is 19.1. The van der Waals surface area contributed by atoms with Crippen LogP contribution in [0.3, 0.4) is 0 Å². The van der Waals surface area contributed by atoms with Gasteiger partial charge in [-0.2, -0.15) is 0 Å². The van der Waals surface area contributed by atoms with Crippen molar-refractivity contribution < 1.29 is 13.2 Å². The fraction of sp³-hybridized carbons (Fsp3) is 0.458. The highest BCUT2D eigenvalue weighted by atomic mass is 32.2. The normalized spacial score (nSPS) is 15.2. The number of rotatable bonds is 6. The van der Waals surface area contributed by atoms with E-state index in [-0.39, 0.29) is 22.8 Å². The van der Waals surface area contributed by atoms with Crippen LogP contribution in [-0.4, -0.2) is 20.4 Å². The number of carbonyl (C=O) groups is 1. The van der Waals surface area contributed by atoms with Crippen LogP contribution in [0.2, 0.25) is 0 Å². The van der Waals surface area contributed by atoms with Gasteiger partial charge in [-0.25, -0.2) is 8.42 Å². The van der Waals surface area contributed by atoms with Crippen LogP contribution in [-0.2, 0) is 10.0 Å². The van der Waals surface area contributed by atoms with Gasteiger partial charge < -0.3 is 5.32 Å². The third-order valence-electron chi connectivity index (χ3n) is 5.87. The molecule has 0 aliphatic heterocycles. The average molecular weight is 429 g/mol. The Balaban J connectivity index is 1.89. The molecule has 0 bridgehead atoms. The second kappa shape index (κ2) is 9.21. The van der Waals surface area contributed by atoms with Gasteiger partial charge in [0.15, 0.2) is 0 Å². The maximum absolute atomic E-state index is 13.2. The molecule has 1 fully saturated rings. The van der Waals surface area contributed by atoms with Crippen LogP contribution in [0.15, 0.2) is 41.3 Å². The molecule has 0 heterocycles. The van der Waals surface area contributed by atoms with Crippen LogP contribution in [0.25, 0.3) is 0 Å². The number of aryl methyl sites for hydroxylation is 2. The summed E-state index contributed by atoms with van der Waals surface area (Å²) in [5.74, 6) is -0.0207. The van der Waals surface area contributed by atoms with E-state index in [1.54, 1.807) is 12.1 Å². The Hall–Kier alpha value is -2.34. The van der Waals surface area contributed by atoms with Gasteiger partial charge in [-0.05, 0) is 61.4 Å². The van der Waals surface area contributed by atoms with Crippen LogP contribution in [0, 0.1) is 13.8 Å². The number of hydrogen-bond donors (Lipinski definition) is 2. The zero-order chi connectivity index (χ0) is 21.9. The molecule has 2 aromatic rings. The highest BCUT2D eigenvalue weighted by Crippen LogP contribution is 2.30. The fourth-order valence-corrected chi connectivity index (χ4v) is 5.21. The molecule has 0 aromatic heterocycles. The molecule has 6 heteroatoms. The molecule has 0 spiro atoms. The van der Waals surface area contributed by atoms with Crippen molar-refractivity contribution in [1.29, 1.82) is 0 Å². The maximum atomic E-state index is 13.2. The van der Waals surface area contributed by atoms with Crippen LogP contribution < -0.4 is 10.0 Å². The fourth-order valence-electron chi connectivity index (χ4n) is 4.03. The second-order valence-electron chi connectivity index (χ2n) is 8.58. The van der Waals surface area contributed by atoms with Gasteiger partial charge in [0.2, 0.25) is 0 Å². The van der Waals surface area contributed by atoms with Gasteiger partial charge in [0.25, 0.3) is 15.9 Å². The van der Waals surface area contributed by atoms with E-state index in [0.29, 0.717) is 11.3 Å². The Labute approximate surface area is 180 Å². The van der Waals surface area contributed by atoms with Crippen molar-refractivity contribution in [1.82, 2.24) is 5.32 Å². The van der Waals surface area contributed by atoms with E-state index in [1.165, 1.54) is 12.5 Å². The van der Waals surface area contributed by atoms with Crippen molar-refractivity contribution in [2.24, 2.45) is 0 Å². The summed E-state index contributed by atoms with van der Waals surface area (Å²) in [6.07, 6.45) is 5.42. The molecule has 1 aliphatic carbocycles. The molecule has 1 saturated carbocycles. The molecule has 0 saturated heterocycles. The minimum Gasteiger partial charge on any atom is -0.349 e. The molecule has 30 heavy (non-hydrogen) atoms. The lowest BCUT2D eigenvalue weighted by atomic mass is 9.95. The van der Waals surface area contributed by atoms with Crippen molar-refractivity contribution in [2.45, 2.75) is 76.7 Å². The largest absolute Gasteiger partial charge is 0.349 e. The summed E-state index contributed by atoms with van der Waals surface area (Å²) in [6, 6.07) is 10.7. The Morgan fingerprint density at radius 2 is 1.70 bits per heavy atom. The molecule has 2 N–H and O–H groups in total. The highest BCUT2D eigenvalue weighted by molar-refractivity contribution is 7.92. The van der Waals surface area contributed by atoms with Crippen LogP contribution >= 0.6 is 0 Å². The van der Waals surface area contributed by atoms with E-state index in [4.69, 9.17) is 0 Å². The van der Waals surface area contributed by atoms with Gasteiger partial charge >= 0.3 is 0 Å². The maximum Gasteiger partial charge on any atom is 0.261 e. The number of para-hydroxylation sites is 1. The van der Waals surface area contributed by atoms with Crippen molar-refractivity contribution in [3.63, 3.8) is 0 Å². The Kier molecular flexibility index (Phi) is 6.86. The molecule has 2 aromatic carbocycles. The molecule has 0 unspecified atom stereocenters. The van der Waals surface area contributed by atoms with Gasteiger partial charge in [-0.1, -0.05) is 57.4 Å². The molecular weight excluding hydrogens is 396 g/mol. The molecule has 0 radical (unpaired) electrons. The second-order valence-corrected chi connectivity index (χ2v) is 10.3. The molecule has 0 atom stereocenters. The van der Waals surface area contributed by atoms with E-state index >= 15 is 0 Å². The first-order valence-corrected chi connectivity index (χ1v) is 12.2. The number of sulfonamides is 1. The monoisotopic (exact) mass is 428 g/mol. The number of hydrogen-bond acceptors (Lipinski definition) is 3. The van der Waals surface area contributed by atoms with E-state index in [2.05, 4.69) is 10.0 Å². The average Bonchev–Trinajstić information content (AvgIpc) is 2.70. The lowest BCUT2D eigenvalue weighted by Gasteiger charge is -2.23. The van der Waals surface area contributed by atoms with Crippen LogP contribution in [0.4, 0.5) is 5.69 Å². The van der Waals surface area contributed by atoms with Gasteiger partial charge in [0, 0.05) is 11.6 Å². The minimum absolute atomic E-state index is 0.0971. The summed E-state index contributed by atoms with van der Waals surface area (Å²) < 4.78 is 29.1. The summed E-state index contributed by atoms with van der Waals surface area (Å²) in [5.41, 5.74) is 3.60. The molecule has 162 valence electrons.